The summed E-state index contributed by atoms with van der Waals surface area (Å²) in [4.78, 5) is 20.1. The number of hydrogen-bond acceptors (Lipinski definition) is 5. The van der Waals surface area contributed by atoms with Crippen LogP contribution in [0.5, 0.6) is 0 Å². The Morgan fingerprint density at radius 2 is 1.83 bits per heavy atom. The standard InChI is InChI=1S/C21H24N4O3S2/c1-15-19(21(26)25-11-7-4-8-12-25)29-20(22-15)18-13-17(14-24(18)2)30(27,28)23-16-9-5-3-6-10-16/h3,5-6,9-10,13-14,23H,4,7-8,11-12H2,1-2H3. The van der Waals surface area contributed by atoms with E-state index in [2.05, 4.69) is 9.71 Å². The third-order valence-corrected chi connectivity index (χ3v) is 7.69. The van der Waals surface area contributed by atoms with Gasteiger partial charge in [0.2, 0.25) is 0 Å². The molecule has 1 aliphatic heterocycles. The van der Waals surface area contributed by atoms with Gasteiger partial charge in [-0.15, -0.1) is 11.3 Å². The minimum Gasteiger partial charge on any atom is -0.347 e. The maximum Gasteiger partial charge on any atom is 0.265 e. The molecule has 0 aliphatic carbocycles. The van der Waals surface area contributed by atoms with Crippen molar-refractivity contribution < 1.29 is 13.2 Å². The van der Waals surface area contributed by atoms with E-state index in [0.717, 1.165) is 32.4 Å². The molecule has 0 unspecified atom stereocenters. The largest absolute Gasteiger partial charge is 0.347 e. The van der Waals surface area contributed by atoms with Gasteiger partial charge in [0.25, 0.3) is 15.9 Å². The van der Waals surface area contributed by atoms with E-state index >= 15 is 0 Å². The molecular weight excluding hydrogens is 420 g/mol. The smallest absolute Gasteiger partial charge is 0.265 e. The number of sulfonamides is 1. The summed E-state index contributed by atoms with van der Waals surface area (Å²) in [5, 5.41) is 0.636. The first-order valence-corrected chi connectivity index (χ1v) is 12.2. The van der Waals surface area contributed by atoms with Crippen molar-refractivity contribution in [1.82, 2.24) is 14.5 Å². The van der Waals surface area contributed by atoms with E-state index in [-0.39, 0.29) is 10.8 Å². The number of aryl methyl sites for hydroxylation is 2. The summed E-state index contributed by atoms with van der Waals surface area (Å²) in [7, 11) is -1.95. The zero-order valence-corrected chi connectivity index (χ0v) is 18.6. The fourth-order valence-electron chi connectivity index (χ4n) is 3.56. The molecule has 1 saturated heterocycles. The predicted octanol–water partition coefficient (Wildman–Crippen LogP) is 3.88. The second-order valence-corrected chi connectivity index (χ2v) is 10.1. The summed E-state index contributed by atoms with van der Waals surface area (Å²) >= 11 is 1.32. The molecule has 1 aliphatic rings. The van der Waals surface area contributed by atoms with Gasteiger partial charge in [0.05, 0.1) is 11.4 Å². The number of piperidine rings is 1. The van der Waals surface area contributed by atoms with Crippen LogP contribution in [0, 0.1) is 6.92 Å². The number of thiazole rings is 1. The zero-order valence-electron chi connectivity index (χ0n) is 17.0. The Balaban J connectivity index is 1.61. The number of benzene rings is 1. The van der Waals surface area contributed by atoms with E-state index in [1.165, 1.54) is 11.3 Å². The van der Waals surface area contributed by atoms with E-state index in [1.54, 1.807) is 48.1 Å². The molecule has 0 atom stereocenters. The summed E-state index contributed by atoms with van der Waals surface area (Å²) < 4.78 is 29.9. The number of likely N-dealkylation sites (tertiary alicyclic amines) is 1. The Morgan fingerprint density at radius 3 is 2.53 bits per heavy atom. The van der Waals surface area contributed by atoms with Gasteiger partial charge in [-0.3, -0.25) is 9.52 Å². The second kappa shape index (κ2) is 8.23. The topological polar surface area (TPSA) is 84.3 Å². The normalized spacial score (nSPS) is 14.7. The molecule has 158 valence electrons. The van der Waals surface area contributed by atoms with Crippen LogP contribution in [0.25, 0.3) is 10.7 Å². The first kappa shape index (κ1) is 20.6. The predicted molar refractivity (Wildman–Crippen MR) is 118 cm³/mol. The lowest BCUT2D eigenvalue weighted by Crippen LogP contribution is -2.35. The molecule has 9 heteroatoms. The van der Waals surface area contributed by atoms with Crippen LogP contribution in [0.15, 0.2) is 47.5 Å². The van der Waals surface area contributed by atoms with Crippen molar-refractivity contribution in [2.75, 3.05) is 17.8 Å². The highest BCUT2D eigenvalue weighted by atomic mass is 32.2. The van der Waals surface area contributed by atoms with Crippen LogP contribution in [0.4, 0.5) is 5.69 Å². The van der Waals surface area contributed by atoms with Crippen molar-refractivity contribution in [2.24, 2.45) is 7.05 Å². The van der Waals surface area contributed by atoms with Gasteiger partial charge < -0.3 is 9.47 Å². The summed E-state index contributed by atoms with van der Waals surface area (Å²) in [6, 6.07) is 10.4. The third kappa shape index (κ3) is 4.13. The molecule has 4 rings (SSSR count). The monoisotopic (exact) mass is 444 g/mol. The lowest BCUT2D eigenvalue weighted by atomic mass is 10.1. The van der Waals surface area contributed by atoms with Gasteiger partial charge in [0.1, 0.15) is 14.8 Å². The molecule has 1 amide bonds. The highest BCUT2D eigenvalue weighted by molar-refractivity contribution is 7.92. The number of carbonyl (C=O) groups is 1. The Bertz CT molecular complexity index is 1160. The molecule has 1 aromatic carbocycles. The van der Waals surface area contributed by atoms with Gasteiger partial charge in [0.15, 0.2) is 0 Å². The second-order valence-electron chi connectivity index (χ2n) is 7.43. The highest BCUT2D eigenvalue weighted by Crippen LogP contribution is 2.32. The minimum absolute atomic E-state index is 0.0174. The third-order valence-electron chi connectivity index (χ3n) is 5.17. The van der Waals surface area contributed by atoms with Crippen LogP contribution >= 0.6 is 11.3 Å². The summed E-state index contributed by atoms with van der Waals surface area (Å²) in [5.41, 5.74) is 1.84. The molecule has 0 radical (unpaired) electrons. The molecule has 3 aromatic rings. The summed E-state index contributed by atoms with van der Waals surface area (Å²) in [5.74, 6) is 0.0174. The minimum atomic E-state index is -3.73. The fraction of sp³-hybridized carbons (Fsp3) is 0.333. The number of anilines is 1. The number of carbonyl (C=O) groups excluding carboxylic acids is 1. The highest BCUT2D eigenvalue weighted by Gasteiger charge is 2.25. The van der Waals surface area contributed by atoms with Crippen molar-refractivity contribution in [2.45, 2.75) is 31.1 Å². The quantitative estimate of drug-likeness (QED) is 0.647. The molecule has 1 fully saturated rings. The number of nitrogens with zero attached hydrogens (tertiary/aromatic N) is 3. The fourth-order valence-corrected chi connectivity index (χ4v) is 5.78. The van der Waals surface area contributed by atoms with Crippen molar-refractivity contribution in [3.63, 3.8) is 0 Å². The number of amides is 1. The average molecular weight is 445 g/mol. The van der Waals surface area contributed by atoms with E-state index < -0.39 is 10.0 Å². The Morgan fingerprint density at radius 1 is 1.13 bits per heavy atom. The first-order chi connectivity index (χ1) is 14.3. The van der Waals surface area contributed by atoms with Gasteiger partial charge in [0, 0.05) is 32.0 Å². The summed E-state index contributed by atoms with van der Waals surface area (Å²) in [6.45, 7) is 3.39. The van der Waals surface area contributed by atoms with Crippen molar-refractivity contribution in [1.29, 1.82) is 0 Å². The van der Waals surface area contributed by atoms with Crippen LogP contribution in [0.3, 0.4) is 0 Å². The maximum atomic E-state index is 12.9. The first-order valence-electron chi connectivity index (χ1n) is 9.86. The van der Waals surface area contributed by atoms with Gasteiger partial charge in [-0.1, -0.05) is 18.2 Å². The number of rotatable bonds is 5. The van der Waals surface area contributed by atoms with Crippen LogP contribution in [-0.4, -0.2) is 41.9 Å². The molecule has 0 saturated carbocycles. The summed E-state index contributed by atoms with van der Waals surface area (Å²) in [6.07, 6.45) is 4.78. The molecule has 0 spiro atoms. The Hall–Kier alpha value is -2.65. The van der Waals surface area contributed by atoms with Gasteiger partial charge in [-0.25, -0.2) is 13.4 Å². The van der Waals surface area contributed by atoms with E-state index in [0.29, 0.717) is 27.0 Å². The van der Waals surface area contributed by atoms with Crippen LogP contribution in [0.1, 0.15) is 34.6 Å². The molecule has 7 nitrogen and oxygen atoms in total. The molecular formula is C21H24N4O3S2. The molecule has 1 N–H and O–H groups in total. The van der Waals surface area contributed by atoms with Gasteiger partial charge in [-0.05, 0) is 44.4 Å². The number of hydrogen-bond donors (Lipinski definition) is 1. The van der Waals surface area contributed by atoms with Gasteiger partial charge in [-0.2, -0.15) is 0 Å². The van der Waals surface area contributed by atoms with Crippen LogP contribution in [0.2, 0.25) is 0 Å². The average Bonchev–Trinajstić information content (AvgIpc) is 3.31. The number of aromatic nitrogens is 2. The molecule has 0 bridgehead atoms. The van der Waals surface area contributed by atoms with E-state index in [9.17, 15) is 13.2 Å². The maximum absolute atomic E-state index is 12.9. The SMILES string of the molecule is Cc1nc(-c2cc(S(=O)(=O)Nc3ccccc3)cn2C)sc1C(=O)N1CCCCC1. The lowest BCUT2D eigenvalue weighted by Gasteiger charge is -2.26. The van der Waals surface area contributed by atoms with Crippen LogP contribution < -0.4 is 4.72 Å². The van der Waals surface area contributed by atoms with Crippen molar-refractivity contribution in [3.8, 4) is 10.7 Å². The Labute approximate surface area is 180 Å². The molecule has 30 heavy (non-hydrogen) atoms. The number of para-hydroxylation sites is 1. The van der Waals surface area contributed by atoms with Crippen molar-refractivity contribution >= 4 is 33.0 Å². The van der Waals surface area contributed by atoms with E-state index in [4.69, 9.17) is 0 Å². The zero-order chi connectivity index (χ0) is 21.3. The van der Waals surface area contributed by atoms with Crippen LogP contribution in [-0.2, 0) is 17.1 Å². The van der Waals surface area contributed by atoms with Gasteiger partial charge >= 0.3 is 0 Å². The molecule has 2 aromatic heterocycles. The Kier molecular flexibility index (Phi) is 5.66. The van der Waals surface area contributed by atoms with Crippen molar-refractivity contribution in [3.05, 3.63) is 53.2 Å². The molecule has 3 heterocycles. The lowest BCUT2D eigenvalue weighted by molar-refractivity contribution is 0.0728. The van der Waals surface area contributed by atoms with E-state index in [1.807, 2.05) is 17.9 Å². The number of nitrogens with one attached hydrogen (secondary N) is 1.